The number of anilines is 4. The quantitative estimate of drug-likeness (QED) is 0.444. The van der Waals surface area contributed by atoms with Gasteiger partial charge in [0.2, 0.25) is 11.9 Å². The van der Waals surface area contributed by atoms with E-state index in [2.05, 4.69) is 57.0 Å². The Bertz CT molecular complexity index is 1400. The van der Waals surface area contributed by atoms with Gasteiger partial charge in [-0.05, 0) is 50.8 Å². The monoisotopic (exact) mass is 566 g/mol. The largest absolute Gasteiger partial charge is 0.368 e. The van der Waals surface area contributed by atoms with Gasteiger partial charge >= 0.3 is 0 Å². The third kappa shape index (κ3) is 4.97. The van der Waals surface area contributed by atoms with E-state index in [0.29, 0.717) is 31.0 Å². The number of benzene rings is 1. The van der Waals surface area contributed by atoms with E-state index in [1.165, 1.54) is 18.4 Å². The number of aromatic nitrogens is 3. The zero-order valence-electron chi connectivity index (χ0n) is 24.9. The summed E-state index contributed by atoms with van der Waals surface area (Å²) in [7, 11) is 0. The second kappa shape index (κ2) is 11.2. The van der Waals surface area contributed by atoms with Gasteiger partial charge in [0.1, 0.15) is 17.2 Å². The van der Waals surface area contributed by atoms with E-state index < -0.39 is 5.54 Å². The number of hydrogen-bond acceptors (Lipinski definition) is 8. The average molecular weight is 567 g/mol. The zero-order valence-corrected chi connectivity index (χ0v) is 24.9. The number of carbonyl (C=O) groups excluding carboxylic acids is 1. The molecule has 1 aromatic carbocycles. The van der Waals surface area contributed by atoms with Crippen LogP contribution in [0.4, 0.5) is 23.3 Å². The summed E-state index contributed by atoms with van der Waals surface area (Å²) in [5.74, 6) is 2.42. The van der Waals surface area contributed by atoms with Crippen molar-refractivity contribution in [3.05, 3.63) is 66.0 Å². The molecular formula is C33H42N8O. The number of piperazine rings is 1. The molecule has 2 aromatic heterocycles. The van der Waals surface area contributed by atoms with Crippen molar-refractivity contribution in [3.8, 4) is 0 Å². The highest BCUT2D eigenvalue weighted by Gasteiger charge is 2.57. The molecule has 42 heavy (non-hydrogen) atoms. The molecule has 1 aliphatic carbocycles. The Balaban J connectivity index is 1.09. The number of likely N-dealkylation sites (tertiary alicyclic amines) is 1. The highest BCUT2D eigenvalue weighted by molar-refractivity contribution is 5.94. The topological polar surface area (TPSA) is 80.7 Å². The Hall–Kier alpha value is -3.72. The first kappa shape index (κ1) is 27.1. The lowest BCUT2D eigenvalue weighted by atomic mass is 9.91. The van der Waals surface area contributed by atoms with Crippen LogP contribution in [0.2, 0.25) is 0 Å². The third-order valence-electron chi connectivity index (χ3n) is 9.80. The fourth-order valence-electron chi connectivity index (χ4n) is 7.50. The van der Waals surface area contributed by atoms with Crippen molar-refractivity contribution in [3.63, 3.8) is 0 Å². The fourth-order valence-corrected chi connectivity index (χ4v) is 7.50. The van der Waals surface area contributed by atoms with Crippen LogP contribution in [0.3, 0.4) is 0 Å². The molecule has 2 saturated heterocycles. The Kier molecular flexibility index (Phi) is 7.22. The Morgan fingerprint density at radius 1 is 0.952 bits per heavy atom. The summed E-state index contributed by atoms with van der Waals surface area (Å²) in [4.78, 5) is 38.0. The summed E-state index contributed by atoms with van der Waals surface area (Å²) in [5, 5.41) is 3.35. The number of pyridine rings is 1. The van der Waals surface area contributed by atoms with Gasteiger partial charge < -0.3 is 20.0 Å². The van der Waals surface area contributed by atoms with Crippen molar-refractivity contribution in [2.24, 2.45) is 0 Å². The summed E-state index contributed by atoms with van der Waals surface area (Å²) in [5.41, 5.74) is 2.84. The summed E-state index contributed by atoms with van der Waals surface area (Å²) in [6, 6.07) is 15.4. The lowest BCUT2D eigenvalue weighted by Crippen LogP contribution is -2.56. The molecule has 1 saturated carbocycles. The normalized spacial score (nSPS) is 23.0. The minimum absolute atomic E-state index is 0.234. The van der Waals surface area contributed by atoms with Gasteiger partial charge in [-0.25, -0.2) is 9.97 Å². The second-order valence-corrected chi connectivity index (χ2v) is 12.7. The van der Waals surface area contributed by atoms with E-state index in [4.69, 9.17) is 9.97 Å². The molecular weight excluding hydrogens is 524 g/mol. The molecule has 220 valence electrons. The van der Waals surface area contributed by atoms with Crippen LogP contribution < -0.4 is 15.1 Å². The van der Waals surface area contributed by atoms with Crippen LogP contribution in [0.15, 0.2) is 54.9 Å². The summed E-state index contributed by atoms with van der Waals surface area (Å²) < 4.78 is 0. The molecule has 9 heteroatoms. The number of hydrogen-bond donors (Lipinski definition) is 1. The third-order valence-corrected chi connectivity index (χ3v) is 9.80. The smallest absolute Gasteiger partial charge is 0.249 e. The minimum atomic E-state index is -0.557. The molecule has 1 amide bonds. The van der Waals surface area contributed by atoms with Crippen LogP contribution in [0.25, 0.3) is 0 Å². The first-order valence-electron chi connectivity index (χ1n) is 15.7. The van der Waals surface area contributed by atoms with Gasteiger partial charge in [0.05, 0.1) is 11.9 Å². The van der Waals surface area contributed by atoms with Crippen LogP contribution in [0, 0.1) is 0 Å². The SMILES string of the molecule is CC(C)N1CCN(c2ccc(Nc3ncc4c(n3)N(C3CCCC3)C3(CCN(Cc5ccccc5)C3=O)C4)nc2)CC1. The number of nitrogens with zero attached hydrogens (tertiary/aromatic N) is 7. The number of amides is 1. The predicted octanol–water partition coefficient (Wildman–Crippen LogP) is 4.62. The van der Waals surface area contributed by atoms with Crippen LogP contribution in [-0.2, 0) is 17.8 Å². The molecule has 7 rings (SSSR count). The second-order valence-electron chi connectivity index (χ2n) is 12.7. The van der Waals surface area contributed by atoms with Gasteiger partial charge in [0.15, 0.2) is 0 Å². The van der Waals surface area contributed by atoms with Crippen LogP contribution in [0.5, 0.6) is 0 Å². The van der Waals surface area contributed by atoms with E-state index in [9.17, 15) is 4.79 Å². The van der Waals surface area contributed by atoms with Crippen molar-refractivity contribution in [1.29, 1.82) is 0 Å². The molecule has 4 aliphatic rings. The Morgan fingerprint density at radius 3 is 2.45 bits per heavy atom. The molecule has 9 nitrogen and oxygen atoms in total. The molecule has 5 heterocycles. The molecule has 1 N–H and O–H groups in total. The van der Waals surface area contributed by atoms with Crippen LogP contribution >= 0.6 is 0 Å². The number of rotatable bonds is 7. The summed E-state index contributed by atoms with van der Waals surface area (Å²) in [6.45, 7) is 10.1. The Morgan fingerprint density at radius 2 is 1.74 bits per heavy atom. The summed E-state index contributed by atoms with van der Waals surface area (Å²) >= 11 is 0. The van der Waals surface area contributed by atoms with Crippen molar-refractivity contribution in [2.45, 2.75) is 76.5 Å². The lowest BCUT2D eigenvalue weighted by Gasteiger charge is -2.39. The van der Waals surface area contributed by atoms with Gasteiger partial charge in [0, 0.05) is 69.5 Å². The van der Waals surface area contributed by atoms with Crippen molar-refractivity contribution >= 4 is 29.2 Å². The van der Waals surface area contributed by atoms with E-state index in [-0.39, 0.29) is 5.91 Å². The van der Waals surface area contributed by atoms with E-state index in [1.54, 1.807) is 0 Å². The highest BCUT2D eigenvalue weighted by Crippen LogP contribution is 2.48. The molecule has 0 radical (unpaired) electrons. The summed E-state index contributed by atoms with van der Waals surface area (Å²) in [6.07, 6.45) is 9.99. The predicted molar refractivity (Wildman–Crippen MR) is 166 cm³/mol. The van der Waals surface area contributed by atoms with Gasteiger partial charge in [-0.2, -0.15) is 4.98 Å². The minimum Gasteiger partial charge on any atom is -0.368 e. The zero-order chi connectivity index (χ0) is 28.7. The standard InChI is InChI=1S/C33H42N8O/c1-24(2)38-16-18-39(19-17-38)28-12-13-29(34-22-28)36-32-35-21-26-20-33(41(30(26)37-32)27-10-6-7-11-27)14-15-40(31(33)42)23-25-8-4-3-5-9-25/h3-5,8-9,12-13,21-22,24,27H,6-7,10-11,14-20,23H2,1-2H3,(H,34,35,36,37). The van der Waals surface area contributed by atoms with E-state index >= 15 is 0 Å². The first-order chi connectivity index (χ1) is 20.5. The van der Waals surface area contributed by atoms with Crippen molar-refractivity contribution in [2.75, 3.05) is 47.8 Å². The number of nitrogens with one attached hydrogen (secondary N) is 1. The first-order valence-corrected chi connectivity index (χ1v) is 15.7. The number of fused-ring (bicyclic) bond motifs is 1. The molecule has 1 unspecified atom stereocenters. The van der Waals surface area contributed by atoms with Crippen LogP contribution in [0.1, 0.15) is 57.1 Å². The van der Waals surface area contributed by atoms with Crippen molar-refractivity contribution in [1.82, 2.24) is 24.8 Å². The maximum atomic E-state index is 14.2. The van der Waals surface area contributed by atoms with Gasteiger partial charge in [0.25, 0.3) is 0 Å². The molecule has 0 bridgehead atoms. The number of carbonyl (C=O) groups is 1. The fraction of sp³-hybridized carbons (Fsp3) is 0.515. The average Bonchev–Trinajstić information content (AvgIpc) is 3.73. The maximum absolute atomic E-state index is 14.2. The van der Waals surface area contributed by atoms with Gasteiger partial charge in [-0.15, -0.1) is 0 Å². The molecule has 1 atom stereocenters. The van der Waals surface area contributed by atoms with Gasteiger partial charge in [-0.1, -0.05) is 43.2 Å². The Labute approximate surface area is 249 Å². The molecule has 1 spiro atoms. The molecule has 3 aliphatic heterocycles. The van der Waals surface area contributed by atoms with Crippen molar-refractivity contribution < 1.29 is 4.79 Å². The molecule has 3 fully saturated rings. The van der Waals surface area contributed by atoms with E-state index in [0.717, 1.165) is 74.9 Å². The lowest BCUT2D eigenvalue weighted by molar-refractivity contribution is -0.132. The van der Waals surface area contributed by atoms with Gasteiger partial charge in [-0.3, -0.25) is 9.69 Å². The highest BCUT2D eigenvalue weighted by atomic mass is 16.2. The maximum Gasteiger partial charge on any atom is 0.249 e. The molecule has 3 aromatic rings. The van der Waals surface area contributed by atoms with E-state index in [1.807, 2.05) is 41.6 Å². The van der Waals surface area contributed by atoms with Crippen LogP contribution in [-0.4, -0.2) is 81.0 Å².